The summed E-state index contributed by atoms with van der Waals surface area (Å²) in [7, 11) is 0. The maximum Gasteiger partial charge on any atom is 0.321 e. The standard InChI is InChI=1S/C13H13FO4/c1-2-17-12(15)9-7-11(18-13(9)16)8-5-3-4-6-10(8)14/h3-6,9,11H,2,7H2,1H3. The van der Waals surface area contributed by atoms with Crippen LogP contribution in [0.15, 0.2) is 24.3 Å². The van der Waals surface area contributed by atoms with Crippen LogP contribution in [0.25, 0.3) is 0 Å². The minimum atomic E-state index is -0.949. The molecule has 5 heteroatoms. The number of halogens is 1. The van der Waals surface area contributed by atoms with Gasteiger partial charge < -0.3 is 9.47 Å². The van der Waals surface area contributed by atoms with Crippen molar-refractivity contribution in [2.24, 2.45) is 5.92 Å². The van der Waals surface area contributed by atoms with Crippen molar-refractivity contribution >= 4 is 11.9 Å². The summed E-state index contributed by atoms with van der Waals surface area (Å²) in [5, 5.41) is 0. The molecule has 0 bridgehead atoms. The van der Waals surface area contributed by atoms with Crippen LogP contribution in [0.3, 0.4) is 0 Å². The first-order chi connectivity index (χ1) is 8.63. The maximum atomic E-state index is 13.5. The summed E-state index contributed by atoms with van der Waals surface area (Å²) in [4.78, 5) is 23.0. The smallest absolute Gasteiger partial charge is 0.321 e. The Bertz CT molecular complexity index is 472. The zero-order valence-electron chi connectivity index (χ0n) is 9.89. The summed E-state index contributed by atoms with van der Waals surface area (Å²) in [5.74, 6) is -2.66. The second-order valence-corrected chi connectivity index (χ2v) is 3.99. The number of benzene rings is 1. The zero-order chi connectivity index (χ0) is 13.1. The SMILES string of the molecule is CCOC(=O)C1CC(c2ccccc2F)OC1=O. The molecule has 0 radical (unpaired) electrons. The maximum absolute atomic E-state index is 13.5. The Morgan fingerprint density at radius 1 is 1.50 bits per heavy atom. The second kappa shape index (κ2) is 5.16. The lowest BCUT2D eigenvalue weighted by atomic mass is 10.00. The topological polar surface area (TPSA) is 52.6 Å². The highest BCUT2D eigenvalue weighted by Crippen LogP contribution is 2.35. The van der Waals surface area contributed by atoms with Gasteiger partial charge in [-0.15, -0.1) is 0 Å². The molecule has 4 nitrogen and oxygen atoms in total. The van der Waals surface area contributed by atoms with Gasteiger partial charge in [-0.1, -0.05) is 18.2 Å². The molecule has 0 aliphatic carbocycles. The summed E-state index contributed by atoms with van der Waals surface area (Å²) in [6.07, 6.45) is -0.591. The van der Waals surface area contributed by atoms with E-state index < -0.39 is 29.8 Å². The largest absolute Gasteiger partial charge is 0.465 e. The zero-order valence-corrected chi connectivity index (χ0v) is 9.89. The Hall–Kier alpha value is -1.91. The van der Waals surface area contributed by atoms with Gasteiger partial charge in [0.05, 0.1) is 6.61 Å². The van der Waals surface area contributed by atoms with Crippen LogP contribution in [0.1, 0.15) is 25.0 Å². The van der Waals surface area contributed by atoms with Crippen LogP contribution in [-0.4, -0.2) is 18.5 Å². The van der Waals surface area contributed by atoms with E-state index in [1.54, 1.807) is 25.1 Å². The Labute approximate surface area is 104 Å². The number of esters is 2. The van der Waals surface area contributed by atoms with Crippen molar-refractivity contribution in [3.63, 3.8) is 0 Å². The molecule has 1 saturated heterocycles. The second-order valence-electron chi connectivity index (χ2n) is 3.99. The van der Waals surface area contributed by atoms with Gasteiger partial charge >= 0.3 is 11.9 Å². The lowest BCUT2D eigenvalue weighted by Gasteiger charge is -2.09. The predicted octanol–water partition coefficient (Wildman–Crippen LogP) is 1.99. The van der Waals surface area contributed by atoms with E-state index in [9.17, 15) is 14.0 Å². The minimum absolute atomic E-state index is 0.124. The molecule has 96 valence electrons. The van der Waals surface area contributed by atoms with E-state index in [-0.39, 0.29) is 18.6 Å². The van der Waals surface area contributed by atoms with E-state index in [2.05, 4.69) is 0 Å². The molecule has 1 aliphatic heterocycles. The predicted molar refractivity (Wildman–Crippen MR) is 60.0 cm³/mol. The van der Waals surface area contributed by atoms with E-state index in [0.717, 1.165) is 0 Å². The summed E-state index contributed by atoms with van der Waals surface area (Å²) in [5.41, 5.74) is 0.289. The van der Waals surface area contributed by atoms with E-state index in [1.807, 2.05) is 0 Å². The molecule has 1 aliphatic rings. The number of rotatable bonds is 3. The molecule has 0 saturated carbocycles. The Morgan fingerprint density at radius 3 is 2.89 bits per heavy atom. The molecule has 1 aromatic carbocycles. The van der Waals surface area contributed by atoms with Crippen LogP contribution in [0, 0.1) is 11.7 Å². The van der Waals surface area contributed by atoms with Gasteiger partial charge in [-0.25, -0.2) is 4.39 Å². The molecule has 2 atom stereocenters. The van der Waals surface area contributed by atoms with E-state index in [1.165, 1.54) is 6.07 Å². The van der Waals surface area contributed by atoms with Gasteiger partial charge in [0, 0.05) is 12.0 Å². The molecule has 0 spiro atoms. The number of carbonyl (C=O) groups is 2. The lowest BCUT2D eigenvalue weighted by molar-refractivity contribution is -0.156. The Kier molecular flexibility index (Phi) is 3.60. The van der Waals surface area contributed by atoms with Gasteiger partial charge in [-0.05, 0) is 13.0 Å². The summed E-state index contributed by atoms with van der Waals surface area (Å²) in [6, 6.07) is 6.05. The normalized spacial score (nSPS) is 22.7. The molecule has 1 fully saturated rings. The molecule has 1 aromatic rings. The highest BCUT2D eigenvalue weighted by Gasteiger charge is 2.41. The fraction of sp³-hybridized carbons (Fsp3) is 0.385. The first-order valence-corrected chi connectivity index (χ1v) is 5.75. The third-order valence-corrected chi connectivity index (χ3v) is 2.82. The van der Waals surface area contributed by atoms with Gasteiger partial charge in [0.25, 0.3) is 0 Å². The fourth-order valence-electron chi connectivity index (χ4n) is 1.94. The average molecular weight is 252 g/mol. The average Bonchev–Trinajstić information content (AvgIpc) is 2.72. The fourth-order valence-corrected chi connectivity index (χ4v) is 1.94. The summed E-state index contributed by atoms with van der Waals surface area (Å²) < 4.78 is 23.3. The quantitative estimate of drug-likeness (QED) is 0.610. The van der Waals surface area contributed by atoms with Gasteiger partial charge in [0.15, 0.2) is 5.92 Å². The van der Waals surface area contributed by atoms with Crippen LogP contribution in [-0.2, 0) is 19.1 Å². The third kappa shape index (κ3) is 2.34. The van der Waals surface area contributed by atoms with Crippen LogP contribution >= 0.6 is 0 Å². The molecule has 2 unspecified atom stereocenters. The van der Waals surface area contributed by atoms with E-state index in [4.69, 9.17) is 9.47 Å². The van der Waals surface area contributed by atoms with Crippen molar-refractivity contribution in [2.75, 3.05) is 6.61 Å². The molecule has 0 amide bonds. The number of carbonyl (C=O) groups excluding carboxylic acids is 2. The molecular formula is C13H13FO4. The minimum Gasteiger partial charge on any atom is -0.465 e. The Balaban J connectivity index is 2.14. The summed E-state index contributed by atoms with van der Waals surface area (Å²) >= 11 is 0. The van der Waals surface area contributed by atoms with Crippen molar-refractivity contribution in [3.05, 3.63) is 35.6 Å². The van der Waals surface area contributed by atoms with Crippen molar-refractivity contribution in [2.45, 2.75) is 19.4 Å². The van der Waals surface area contributed by atoms with E-state index >= 15 is 0 Å². The lowest BCUT2D eigenvalue weighted by Crippen LogP contribution is -2.21. The van der Waals surface area contributed by atoms with Crippen LogP contribution in [0.4, 0.5) is 4.39 Å². The highest BCUT2D eigenvalue weighted by molar-refractivity contribution is 5.96. The van der Waals surface area contributed by atoms with Gasteiger partial charge in [-0.2, -0.15) is 0 Å². The monoisotopic (exact) mass is 252 g/mol. The number of hydrogen-bond donors (Lipinski definition) is 0. The third-order valence-electron chi connectivity index (χ3n) is 2.82. The van der Waals surface area contributed by atoms with Crippen LogP contribution < -0.4 is 0 Å². The van der Waals surface area contributed by atoms with Crippen molar-refractivity contribution in [1.29, 1.82) is 0 Å². The van der Waals surface area contributed by atoms with Crippen LogP contribution in [0.5, 0.6) is 0 Å². The van der Waals surface area contributed by atoms with Crippen molar-refractivity contribution in [1.82, 2.24) is 0 Å². The van der Waals surface area contributed by atoms with Crippen molar-refractivity contribution < 1.29 is 23.5 Å². The van der Waals surface area contributed by atoms with Crippen molar-refractivity contribution in [3.8, 4) is 0 Å². The molecule has 2 rings (SSSR count). The molecular weight excluding hydrogens is 239 g/mol. The molecule has 18 heavy (non-hydrogen) atoms. The Morgan fingerprint density at radius 2 is 2.22 bits per heavy atom. The van der Waals surface area contributed by atoms with E-state index in [0.29, 0.717) is 0 Å². The summed E-state index contributed by atoms with van der Waals surface area (Å²) in [6.45, 7) is 1.86. The van der Waals surface area contributed by atoms with Crippen LogP contribution in [0.2, 0.25) is 0 Å². The number of ether oxygens (including phenoxy) is 2. The number of cyclic esters (lactones) is 1. The number of hydrogen-bond acceptors (Lipinski definition) is 4. The first-order valence-electron chi connectivity index (χ1n) is 5.75. The molecule has 1 heterocycles. The molecule has 0 N–H and O–H groups in total. The van der Waals surface area contributed by atoms with Gasteiger partial charge in [-0.3, -0.25) is 9.59 Å². The molecule has 0 aromatic heterocycles. The first kappa shape index (κ1) is 12.5. The highest BCUT2D eigenvalue weighted by atomic mass is 19.1. The van der Waals surface area contributed by atoms with Gasteiger partial charge in [0.1, 0.15) is 11.9 Å². The van der Waals surface area contributed by atoms with Gasteiger partial charge in [0.2, 0.25) is 0 Å².